The van der Waals surface area contributed by atoms with Gasteiger partial charge in [-0.15, -0.1) is 0 Å². The number of H-pyrrole nitrogens is 1. The van der Waals surface area contributed by atoms with Crippen molar-refractivity contribution in [3.63, 3.8) is 0 Å². The number of amides is 2. The number of benzene rings is 2. The number of nitrogens with one attached hydrogen (secondary N) is 2. The van der Waals surface area contributed by atoms with E-state index >= 15 is 0 Å². The lowest BCUT2D eigenvalue weighted by atomic mass is 10.1. The summed E-state index contributed by atoms with van der Waals surface area (Å²) in [6.07, 6.45) is 2.08. The summed E-state index contributed by atoms with van der Waals surface area (Å²) in [7, 11) is 0. The third-order valence-corrected chi connectivity index (χ3v) is 5.94. The maximum Gasteiger partial charge on any atom is 0.254 e. The highest BCUT2D eigenvalue weighted by Gasteiger charge is 2.17. The second kappa shape index (κ2) is 8.64. The van der Waals surface area contributed by atoms with Crippen LogP contribution in [0.25, 0.3) is 28.1 Å². The Hall–Kier alpha value is -4.60. The quantitative estimate of drug-likeness (QED) is 0.348. The maximum absolute atomic E-state index is 13.6. The van der Waals surface area contributed by atoms with Crippen LogP contribution in [0.1, 0.15) is 33.7 Å². The molecule has 0 aliphatic heterocycles. The second-order valence-corrected chi connectivity index (χ2v) is 8.29. The molecule has 0 saturated carbocycles. The number of nitrogens with two attached hydrogens (primary N) is 1. The number of fused-ring (bicyclic) bond motifs is 2. The number of primary amides is 1. The molecule has 10 heteroatoms. The zero-order valence-electron chi connectivity index (χ0n) is 19.1. The van der Waals surface area contributed by atoms with Gasteiger partial charge in [-0.1, -0.05) is 12.1 Å². The first-order valence-electron chi connectivity index (χ1n) is 11.0. The fourth-order valence-corrected chi connectivity index (χ4v) is 4.17. The van der Waals surface area contributed by atoms with Gasteiger partial charge in [0, 0.05) is 29.1 Å². The predicted molar refractivity (Wildman–Crippen MR) is 129 cm³/mol. The van der Waals surface area contributed by atoms with Gasteiger partial charge in [0.1, 0.15) is 17.2 Å². The van der Waals surface area contributed by atoms with Crippen molar-refractivity contribution in [2.45, 2.75) is 26.7 Å². The summed E-state index contributed by atoms with van der Waals surface area (Å²) in [6, 6.07) is 11.6. The molecule has 3 heterocycles. The van der Waals surface area contributed by atoms with Gasteiger partial charge in [0.2, 0.25) is 5.91 Å². The van der Waals surface area contributed by atoms with Crippen molar-refractivity contribution in [3.05, 3.63) is 77.0 Å². The largest absolute Gasteiger partial charge is 0.365 e. The van der Waals surface area contributed by atoms with E-state index in [-0.39, 0.29) is 23.7 Å². The number of aromatic amines is 1. The molecular weight excluding hydrogens is 449 g/mol. The molecule has 0 aliphatic carbocycles. The van der Waals surface area contributed by atoms with E-state index in [1.165, 1.54) is 18.3 Å². The van der Waals surface area contributed by atoms with E-state index < -0.39 is 5.91 Å². The molecule has 0 radical (unpaired) electrons. The summed E-state index contributed by atoms with van der Waals surface area (Å²) in [5.41, 5.74) is 11.2. The smallest absolute Gasteiger partial charge is 0.254 e. The molecule has 2 aromatic carbocycles. The van der Waals surface area contributed by atoms with Crippen LogP contribution in [0.2, 0.25) is 0 Å². The van der Waals surface area contributed by atoms with Gasteiger partial charge in [-0.2, -0.15) is 5.10 Å². The first-order valence-corrected chi connectivity index (χ1v) is 11.0. The summed E-state index contributed by atoms with van der Waals surface area (Å²) >= 11 is 0. The first kappa shape index (κ1) is 22.2. The molecule has 0 saturated heterocycles. The lowest BCUT2D eigenvalue weighted by Gasteiger charge is -2.11. The lowest BCUT2D eigenvalue weighted by Crippen LogP contribution is -2.15. The molecule has 4 N–H and O–H groups in total. The monoisotopic (exact) mass is 471 g/mol. The Morgan fingerprint density at radius 2 is 1.97 bits per heavy atom. The molecule has 176 valence electrons. The zero-order chi connectivity index (χ0) is 24.7. The minimum Gasteiger partial charge on any atom is -0.365 e. The van der Waals surface area contributed by atoms with Crippen molar-refractivity contribution in [2.24, 2.45) is 5.73 Å². The summed E-state index contributed by atoms with van der Waals surface area (Å²) < 4.78 is 15.1. The minimum atomic E-state index is -0.587. The molecule has 2 amide bonds. The Morgan fingerprint density at radius 1 is 1.14 bits per heavy atom. The fraction of sp³-hybridized carbons (Fsp3) is 0.160. The molecule has 0 spiro atoms. The Kier molecular flexibility index (Phi) is 5.48. The minimum absolute atomic E-state index is 0.161. The van der Waals surface area contributed by atoms with Gasteiger partial charge in [0.25, 0.3) is 5.91 Å². The van der Waals surface area contributed by atoms with Gasteiger partial charge in [-0.05, 0) is 56.2 Å². The molecule has 0 unspecified atom stereocenters. The number of nitrogens with zero attached hydrogens (tertiary/aromatic N) is 4. The average molecular weight is 471 g/mol. The van der Waals surface area contributed by atoms with E-state index in [1.807, 2.05) is 13.8 Å². The maximum atomic E-state index is 13.6. The van der Waals surface area contributed by atoms with Crippen LogP contribution in [-0.2, 0) is 11.2 Å². The number of carbonyl (C=O) groups is 2. The van der Waals surface area contributed by atoms with E-state index in [0.717, 1.165) is 22.5 Å². The third kappa shape index (κ3) is 4.21. The van der Waals surface area contributed by atoms with Gasteiger partial charge < -0.3 is 16.0 Å². The molecule has 9 nitrogen and oxygen atoms in total. The predicted octanol–water partition coefficient (Wildman–Crippen LogP) is 3.70. The summed E-state index contributed by atoms with van der Waals surface area (Å²) in [4.78, 5) is 36.4. The van der Waals surface area contributed by atoms with E-state index in [4.69, 9.17) is 5.73 Å². The molecule has 0 bridgehead atoms. The number of hydrogen-bond donors (Lipinski definition) is 3. The van der Waals surface area contributed by atoms with Crippen LogP contribution in [-0.4, -0.2) is 36.4 Å². The van der Waals surface area contributed by atoms with Crippen molar-refractivity contribution >= 4 is 34.2 Å². The van der Waals surface area contributed by atoms with Crippen molar-refractivity contribution in [3.8, 4) is 11.4 Å². The number of halogens is 1. The van der Waals surface area contributed by atoms with Gasteiger partial charge in [-0.25, -0.2) is 18.9 Å². The number of rotatable bonds is 6. The zero-order valence-corrected chi connectivity index (χ0v) is 19.1. The highest BCUT2D eigenvalue weighted by atomic mass is 19.1. The molecule has 0 aliphatic rings. The topological polar surface area (TPSA) is 131 Å². The molecule has 35 heavy (non-hydrogen) atoms. The molecule has 5 aromatic rings. The highest BCUT2D eigenvalue weighted by Crippen LogP contribution is 2.24. The number of carbonyl (C=O) groups excluding carboxylic acids is 2. The number of imidazole rings is 1. The van der Waals surface area contributed by atoms with E-state index in [2.05, 4.69) is 25.4 Å². The SMILES string of the molecule is Cc1nc2c(C(N)=O)cnn2c(C)c1CCC(=O)Nc1ccc2nc(-c3cccc(F)c3)[nH]c2c1. The van der Waals surface area contributed by atoms with Gasteiger partial charge in [0.15, 0.2) is 5.65 Å². The first-order chi connectivity index (χ1) is 16.8. The standard InChI is InChI=1S/C25H22FN7O2/c1-13-18(14(2)33-25(29-13)19(12-28-33)23(27)35)7-9-22(34)30-17-6-8-20-21(11-17)32-24(31-20)15-4-3-5-16(26)10-15/h3-6,8,10-12H,7,9H2,1-2H3,(H2,27,35)(H,30,34)(H,31,32). The Bertz CT molecular complexity index is 1620. The molecule has 0 atom stereocenters. The second-order valence-electron chi connectivity index (χ2n) is 8.29. The lowest BCUT2D eigenvalue weighted by molar-refractivity contribution is -0.116. The number of aromatic nitrogens is 5. The van der Waals surface area contributed by atoms with Crippen molar-refractivity contribution in [1.82, 2.24) is 24.6 Å². The average Bonchev–Trinajstić information content (AvgIpc) is 3.43. The molecule has 5 rings (SSSR count). The molecular formula is C25H22FN7O2. The van der Waals surface area contributed by atoms with Crippen LogP contribution >= 0.6 is 0 Å². The number of anilines is 1. The van der Waals surface area contributed by atoms with E-state index in [0.29, 0.717) is 34.7 Å². The van der Waals surface area contributed by atoms with Crippen molar-refractivity contribution in [2.75, 3.05) is 5.32 Å². The van der Waals surface area contributed by atoms with Crippen LogP contribution in [0.15, 0.2) is 48.7 Å². The summed E-state index contributed by atoms with van der Waals surface area (Å²) in [5.74, 6) is -0.534. The Balaban J connectivity index is 1.31. The Morgan fingerprint density at radius 3 is 2.74 bits per heavy atom. The number of hydrogen-bond acceptors (Lipinski definition) is 5. The number of aryl methyl sites for hydroxylation is 2. The van der Waals surface area contributed by atoms with E-state index in [1.54, 1.807) is 34.8 Å². The normalized spacial score (nSPS) is 11.3. The third-order valence-electron chi connectivity index (χ3n) is 5.94. The highest BCUT2D eigenvalue weighted by molar-refractivity contribution is 5.98. The Labute approximate surface area is 199 Å². The van der Waals surface area contributed by atoms with Crippen LogP contribution in [0.3, 0.4) is 0 Å². The summed E-state index contributed by atoms with van der Waals surface area (Å²) in [5, 5.41) is 7.12. The summed E-state index contributed by atoms with van der Waals surface area (Å²) in [6.45, 7) is 3.70. The van der Waals surface area contributed by atoms with Gasteiger partial charge in [-0.3, -0.25) is 9.59 Å². The van der Waals surface area contributed by atoms with Crippen molar-refractivity contribution < 1.29 is 14.0 Å². The van der Waals surface area contributed by atoms with Crippen LogP contribution in [0, 0.1) is 19.7 Å². The molecule has 0 fully saturated rings. The fourth-order valence-electron chi connectivity index (χ4n) is 4.17. The van der Waals surface area contributed by atoms with Crippen LogP contribution in [0.4, 0.5) is 10.1 Å². The molecule has 3 aromatic heterocycles. The van der Waals surface area contributed by atoms with Crippen LogP contribution in [0.5, 0.6) is 0 Å². The van der Waals surface area contributed by atoms with Gasteiger partial charge in [0.05, 0.1) is 17.2 Å². The van der Waals surface area contributed by atoms with Gasteiger partial charge >= 0.3 is 0 Å². The van der Waals surface area contributed by atoms with Crippen molar-refractivity contribution in [1.29, 1.82) is 0 Å². The van der Waals surface area contributed by atoms with E-state index in [9.17, 15) is 14.0 Å². The van der Waals surface area contributed by atoms with Crippen LogP contribution < -0.4 is 11.1 Å².